The highest BCUT2D eigenvalue weighted by Crippen LogP contribution is 2.26. The van der Waals surface area contributed by atoms with Crippen molar-refractivity contribution >= 4 is 29.9 Å². The van der Waals surface area contributed by atoms with E-state index in [9.17, 15) is 0 Å². The summed E-state index contributed by atoms with van der Waals surface area (Å²) in [4.78, 5) is 7.17. The van der Waals surface area contributed by atoms with E-state index in [1.165, 1.54) is 62.7 Å². The highest BCUT2D eigenvalue weighted by molar-refractivity contribution is 14.0. The summed E-state index contributed by atoms with van der Waals surface area (Å²) in [5.74, 6) is 1.42. The molecule has 2 aliphatic rings. The number of guanidine groups is 1. The molecule has 0 spiro atoms. The van der Waals surface area contributed by atoms with Gasteiger partial charge in [-0.05, 0) is 44.1 Å². The van der Waals surface area contributed by atoms with Gasteiger partial charge in [-0.1, -0.05) is 49.6 Å². The molecule has 3 rings (SSSR count). The van der Waals surface area contributed by atoms with Crippen molar-refractivity contribution in [1.29, 1.82) is 0 Å². The minimum atomic E-state index is 0. The van der Waals surface area contributed by atoms with Crippen LogP contribution in [0.4, 0.5) is 0 Å². The summed E-state index contributed by atoms with van der Waals surface area (Å²) in [6, 6.07) is 10.2. The van der Waals surface area contributed by atoms with Gasteiger partial charge in [0, 0.05) is 38.8 Å². The fourth-order valence-electron chi connectivity index (χ4n) is 4.41. The van der Waals surface area contributed by atoms with E-state index in [1.807, 2.05) is 7.05 Å². The van der Waals surface area contributed by atoms with Crippen LogP contribution >= 0.6 is 24.0 Å². The van der Waals surface area contributed by atoms with Crippen molar-refractivity contribution in [2.75, 3.05) is 26.7 Å². The van der Waals surface area contributed by atoms with Gasteiger partial charge < -0.3 is 15.5 Å². The maximum absolute atomic E-state index is 4.44. The van der Waals surface area contributed by atoms with Crippen LogP contribution in [0, 0.1) is 6.92 Å². The molecule has 1 atom stereocenters. The van der Waals surface area contributed by atoms with Crippen molar-refractivity contribution in [3.05, 3.63) is 35.4 Å². The number of hydrogen-bond acceptors (Lipinski definition) is 2. The first-order valence-electron chi connectivity index (χ1n) is 10.4. The number of nitrogens with zero attached hydrogens (tertiary/aromatic N) is 2. The molecule has 1 heterocycles. The van der Waals surface area contributed by atoms with E-state index in [4.69, 9.17) is 0 Å². The van der Waals surface area contributed by atoms with Gasteiger partial charge in [-0.2, -0.15) is 0 Å². The molecule has 1 saturated heterocycles. The summed E-state index contributed by atoms with van der Waals surface area (Å²) >= 11 is 0. The quantitative estimate of drug-likeness (QED) is 0.372. The summed E-state index contributed by atoms with van der Waals surface area (Å²) in [6.07, 6.45) is 8.14. The molecular weight excluding hydrogens is 447 g/mol. The third-order valence-corrected chi connectivity index (χ3v) is 6.12. The molecule has 4 nitrogen and oxygen atoms in total. The Morgan fingerprint density at radius 2 is 1.89 bits per heavy atom. The lowest BCUT2D eigenvalue weighted by atomic mass is 9.99. The highest BCUT2D eigenvalue weighted by atomic mass is 127. The summed E-state index contributed by atoms with van der Waals surface area (Å²) in [7, 11) is 1.88. The van der Waals surface area contributed by atoms with Gasteiger partial charge >= 0.3 is 0 Å². The average molecular weight is 484 g/mol. The Kier molecular flexibility index (Phi) is 9.36. The molecule has 1 aromatic rings. The Morgan fingerprint density at radius 3 is 2.52 bits per heavy atom. The molecule has 2 N–H and O–H groups in total. The lowest BCUT2D eigenvalue weighted by Crippen LogP contribution is -2.50. The first kappa shape index (κ1) is 22.5. The molecule has 1 unspecified atom stereocenters. The number of aryl methyl sites for hydroxylation is 1. The monoisotopic (exact) mass is 484 g/mol. The zero-order valence-corrected chi connectivity index (χ0v) is 19.5. The molecule has 1 aliphatic carbocycles. The smallest absolute Gasteiger partial charge is 0.191 e. The van der Waals surface area contributed by atoms with Crippen LogP contribution in [0.15, 0.2) is 29.3 Å². The summed E-state index contributed by atoms with van der Waals surface area (Å²) in [5.41, 5.74) is 2.71. The second-order valence-electron chi connectivity index (χ2n) is 8.16. The molecule has 1 saturated carbocycles. The van der Waals surface area contributed by atoms with Crippen LogP contribution in [0.2, 0.25) is 0 Å². The van der Waals surface area contributed by atoms with E-state index >= 15 is 0 Å². The normalized spacial score (nSPS) is 20.9. The van der Waals surface area contributed by atoms with Gasteiger partial charge in [-0.3, -0.25) is 4.99 Å². The number of benzene rings is 1. The Morgan fingerprint density at radius 1 is 1.19 bits per heavy atom. The second kappa shape index (κ2) is 11.2. The minimum absolute atomic E-state index is 0. The molecule has 1 aromatic carbocycles. The first-order chi connectivity index (χ1) is 12.7. The van der Waals surface area contributed by atoms with E-state index in [2.05, 4.69) is 58.6 Å². The minimum Gasteiger partial charge on any atom is -0.356 e. The molecule has 0 aromatic heterocycles. The lowest BCUT2D eigenvalue weighted by Gasteiger charge is -2.36. The molecule has 2 fully saturated rings. The Hall–Kier alpha value is -0.820. The van der Waals surface area contributed by atoms with Gasteiger partial charge in [-0.15, -0.1) is 24.0 Å². The number of piperidine rings is 1. The summed E-state index contributed by atoms with van der Waals surface area (Å²) in [6.45, 7) is 7.80. The number of nitrogens with one attached hydrogen (secondary N) is 2. The maximum atomic E-state index is 4.44. The number of hydrogen-bond donors (Lipinski definition) is 2. The Balaban J connectivity index is 0.00000261. The van der Waals surface area contributed by atoms with Crippen LogP contribution in [0.5, 0.6) is 0 Å². The van der Waals surface area contributed by atoms with E-state index in [0.29, 0.717) is 12.0 Å². The van der Waals surface area contributed by atoms with Crippen molar-refractivity contribution in [2.24, 2.45) is 4.99 Å². The lowest BCUT2D eigenvalue weighted by molar-refractivity contribution is 0.150. The fraction of sp³-hybridized carbons (Fsp3) is 0.682. The summed E-state index contributed by atoms with van der Waals surface area (Å²) in [5, 5.41) is 7.17. The number of rotatable bonds is 5. The van der Waals surface area contributed by atoms with Crippen molar-refractivity contribution < 1.29 is 0 Å². The number of aliphatic imine (C=N–C) groups is 1. The van der Waals surface area contributed by atoms with Gasteiger partial charge in [-0.25, -0.2) is 0 Å². The molecule has 1 aliphatic heterocycles. The van der Waals surface area contributed by atoms with E-state index in [1.54, 1.807) is 0 Å². The Labute approximate surface area is 182 Å². The van der Waals surface area contributed by atoms with Crippen molar-refractivity contribution in [2.45, 2.75) is 70.4 Å². The van der Waals surface area contributed by atoms with Gasteiger partial charge in [0.25, 0.3) is 0 Å². The Bertz CT molecular complexity index is 590. The zero-order valence-electron chi connectivity index (χ0n) is 17.2. The van der Waals surface area contributed by atoms with Gasteiger partial charge in [0.2, 0.25) is 0 Å². The van der Waals surface area contributed by atoms with Gasteiger partial charge in [0.15, 0.2) is 5.96 Å². The average Bonchev–Trinajstić information content (AvgIpc) is 3.20. The van der Waals surface area contributed by atoms with Crippen molar-refractivity contribution in [1.82, 2.24) is 15.5 Å². The molecule has 27 heavy (non-hydrogen) atoms. The third kappa shape index (κ3) is 6.63. The first-order valence-corrected chi connectivity index (χ1v) is 10.4. The van der Waals surface area contributed by atoms with Gasteiger partial charge in [0.05, 0.1) is 0 Å². The second-order valence-corrected chi connectivity index (χ2v) is 8.16. The topological polar surface area (TPSA) is 39.7 Å². The van der Waals surface area contributed by atoms with Crippen LogP contribution in [0.1, 0.15) is 62.5 Å². The van der Waals surface area contributed by atoms with Gasteiger partial charge in [0.1, 0.15) is 0 Å². The zero-order chi connectivity index (χ0) is 18.4. The van der Waals surface area contributed by atoms with E-state index < -0.39 is 0 Å². The predicted molar refractivity (Wildman–Crippen MR) is 126 cm³/mol. The van der Waals surface area contributed by atoms with Crippen LogP contribution in [-0.4, -0.2) is 49.6 Å². The molecular formula is C22H37IN4. The standard InChI is InChI=1S/C22H36N4.HI/c1-17-7-6-8-19(15-17)18(2)16-24-22(23-3)25-20-11-13-26(14-12-20)21-9-4-5-10-21;/h6-8,15,18,20-21H,4-5,9-14,16H2,1-3H3,(H2,23,24,25);1H. The van der Waals surface area contributed by atoms with Crippen molar-refractivity contribution in [3.8, 4) is 0 Å². The molecule has 0 bridgehead atoms. The third-order valence-electron chi connectivity index (χ3n) is 6.12. The van der Waals surface area contributed by atoms with E-state index in [0.717, 1.165) is 18.5 Å². The maximum Gasteiger partial charge on any atom is 0.191 e. The SMILES string of the molecule is CN=C(NCC(C)c1cccc(C)c1)NC1CCN(C2CCCC2)CC1.I. The highest BCUT2D eigenvalue weighted by Gasteiger charge is 2.27. The van der Waals surface area contributed by atoms with E-state index in [-0.39, 0.29) is 24.0 Å². The molecule has 0 radical (unpaired) electrons. The van der Waals surface area contributed by atoms with Crippen LogP contribution < -0.4 is 10.6 Å². The molecule has 152 valence electrons. The molecule has 5 heteroatoms. The van der Waals surface area contributed by atoms with Crippen LogP contribution in [0.3, 0.4) is 0 Å². The van der Waals surface area contributed by atoms with Crippen LogP contribution in [-0.2, 0) is 0 Å². The summed E-state index contributed by atoms with van der Waals surface area (Å²) < 4.78 is 0. The number of halogens is 1. The number of likely N-dealkylation sites (tertiary alicyclic amines) is 1. The molecule has 0 amide bonds. The largest absolute Gasteiger partial charge is 0.356 e. The predicted octanol–water partition coefficient (Wildman–Crippen LogP) is 4.29. The van der Waals surface area contributed by atoms with Crippen LogP contribution in [0.25, 0.3) is 0 Å². The fourth-order valence-corrected chi connectivity index (χ4v) is 4.41. The van der Waals surface area contributed by atoms with Crippen molar-refractivity contribution in [3.63, 3.8) is 0 Å².